The van der Waals surface area contributed by atoms with E-state index in [1.165, 1.54) is 18.2 Å². The number of benzene rings is 3. The highest BCUT2D eigenvalue weighted by atomic mass is 32.2. The van der Waals surface area contributed by atoms with Crippen LogP contribution < -0.4 is 11.1 Å². The lowest BCUT2D eigenvalue weighted by molar-refractivity contribution is -0.137. The van der Waals surface area contributed by atoms with Gasteiger partial charge in [0, 0.05) is 16.9 Å². The van der Waals surface area contributed by atoms with Crippen molar-refractivity contribution in [2.24, 2.45) is 0 Å². The zero-order valence-electron chi connectivity index (χ0n) is 17.1. The smallest absolute Gasteiger partial charge is 0.399 e. The monoisotopic (exact) mass is 469 g/mol. The van der Waals surface area contributed by atoms with Crippen molar-refractivity contribution >= 4 is 29.0 Å². The number of halogens is 3. The molecule has 0 saturated heterocycles. The fourth-order valence-corrected chi connectivity index (χ4v) is 3.95. The SMILES string of the molecule is Nc1cccc(-c2nnc(SCC(=O)Nc3ccccc3C(F)(F)F)n2-c2ccccc2)c1. The standard InChI is InChI=1S/C23H18F3N5OS/c24-23(25,26)18-11-4-5-12-19(18)28-20(32)14-33-22-30-29-21(15-7-6-8-16(27)13-15)31(22)17-9-2-1-3-10-17/h1-13H,14,27H2,(H,28,32). The number of thioether (sulfide) groups is 1. The number of anilines is 2. The number of nitrogens with two attached hydrogens (primary N) is 1. The average Bonchev–Trinajstić information content (AvgIpc) is 3.22. The van der Waals surface area contributed by atoms with Crippen LogP contribution in [0.2, 0.25) is 0 Å². The van der Waals surface area contributed by atoms with Crippen LogP contribution in [0.1, 0.15) is 5.56 Å². The van der Waals surface area contributed by atoms with Gasteiger partial charge in [0.25, 0.3) is 0 Å². The van der Waals surface area contributed by atoms with Crippen LogP contribution in [0.15, 0.2) is 84.0 Å². The number of hydrogen-bond acceptors (Lipinski definition) is 5. The lowest BCUT2D eigenvalue weighted by Crippen LogP contribution is -2.18. The Hall–Kier alpha value is -3.79. The molecule has 0 radical (unpaired) electrons. The van der Waals surface area contributed by atoms with Crippen molar-refractivity contribution in [3.63, 3.8) is 0 Å². The molecule has 0 atom stereocenters. The van der Waals surface area contributed by atoms with Gasteiger partial charge < -0.3 is 11.1 Å². The van der Waals surface area contributed by atoms with Crippen LogP contribution in [-0.4, -0.2) is 26.4 Å². The molecule has 3 N–H and O–H groups in total. The molecule has 4 aromatic rings. The molecular weight excluding hydrogens is 451 g/mol. The summed E-state index contributed by atoms with van der Waals surface area (Å²) in [7, 11) is 0. The fourth-order valence-electron chi connectivity index (χ4n) is 3.19. The van der Waals surface area contributed by atoms with Crippen LogP contribution in [-0.2, 0) is 11.0 Å². The van der Waals surface area contributed by atoms with Gasteiger partial charge in [-0.2, -0.15) is 13.2 Å². The van der Waals surface area contributed by atoms with Gasteiger partial charge in [0.2, 0.25) is 5.91 Å². The van der Waals surface area contributed by atoms with Crippen LogP contribution in [0, 0.1) is 0 Å². The molecule has 0 saturated carbocycles. The number of hydrogen-bond donors (Lipinski definition) is 2. The van der Waals surface area contributed by atoms with Gasteiger partial charge in [0.15, 0.2) is 11.0 Å². The van der Waals surface area contributed by atoms with E-state index >= 15 is 0 Å². The lowest BCUT2D eigenvalue weighted by atomic mass is 10.1. The molecule has 1 aromatic heterocycles. The first-order chi connectivity index (χ1) is 15.8. The maximum Gasteiger partial charge on any atom is 0.418 e. The summed E-state index contributed by atoms with van der Waals surface area (Å²) in [6, 6.07) is 21.3. The van der Waals surface area contributed by atoms with Gasteiger partial charge in [-0.05, 0) is 36.4 Å². The highest BCUT2D eigenvalue weighted by Gasteiger charge is 2.33. The Bertz CT molecular complexity index is 1270. The number of rotatable bonds is 6. The molecule has 6 nitrogen and oxygen atoms in total. The third kappa shape index (κ3) is 5.17. The van der Waals surface area contributed by atoms with Crippen LogP contribution >= 0.6 is 11.8 Å². The van der Waals surface area contributed by atoms with Gasteiger partial charge in [0.05, 0.1) is 17.0 Å². The summed E-state index contributed by atoms with van der Waals surface area (Å²) in [4.78, 5) is 12.5. The van der Waals surface area contributed by atoms with E-state index in [9.17, 15) is 18.0 Å². The number of nitrogens with zero attached hydrogens (tertiary/aromatic N) is 3. The topological polar surface area (TPSA) is 85.8 Å². The lowest BCUT2D eigenvalue weighted by Gasteiger charge is -2.13. The summed E-state index contributed by atoms with van der Waals surface area (Å²) in [5.41, 5.74) is 6.78. The number of nitrogens with one attached hydrogen (secondary N) is 1. The summed E-state index contributed by atoms with van der Waals surface area (Å²) < 4.78 is 41.4. The highest BCUT2D eigenvalue weighted by Crippen LogP contribution is 2.35. The highest BCUT2D eigenvalue weighted by molar-refractivity contribution is 7.99. The van der Waals surface area contributed by atoms with Gasteiger partial charge in [-0.25, -0.2) is 0 Å². The van der Waals surface area contributed by atoms with E-state index < -0.39 is 17.6 Å². The Morgan fingerprint density at radius 1 is 0.970 bits per heavy atom. The number of carbonyl (C=O) groups excluding carboxylic acids is 1. The number of aromatic nitrogens is 3. The molecule has 0 unspecified atom stereocenters. The van der Waals surface area contributed by atoms with E-state index in [0.717, 1.165) is 29.1 Å². The molecule has 33 heavy (non-hydrogen) atoms. The van der Waals surface area contributed by atoms with Crippen LogP contribution in [0.5, 0.6) is 0 Å². The molecule has 3 aromatic carbocycles. The molecule has 168 valence electrons. The molecule has 0 fully saturated rings. The van der Waals surface area contributed by atoms with E-state index in [4.69, 9.17) is 5.73 Å². The van der Waals surface area contributed by atoms with Crippen LogP contribution in [0.4, 0.5) is 24.5 Å². The number of para-hydroxylation sites is 2. The summed E-state index contributed by atoms with van der Waals surface area (Å²) in [6.07, 6.45) is -4.57. The second-order valence-electron chi connectivity index (χ2n) is 6.98. The van der Waals surface area contributed by atoms with Gasteiger partial charge in [-0.1, -0.05) is 54.2 Å². The minimum atomic E-state index is -4.57. The zero-order valence-corrected chi connectivity index (χ0v) is 17.9. The van der Waals surface area contributed by atoms with Crippen LogP contribution in [0.25, 0.3) is 17.1 Å². The van der Waals surface area contributed by atoms with E-state index in [1.807, 2.05) is 36.4 Å². The van der Waals surface area contributed by atoms with Crippen molar-refractivity contribution in [3.8, 4) is 17.1 Å². The summed E-state index contributed by atoms with van der Waals surface area (Å²) in [5, 5.41) is 11.2. The van der Waals surface area contributed by atoms with Crippen molar-refractivity contribution < 1.29 is 18.0 Å². The van der Waals surface area contributed by atoms with E-state index in [-0.39, 0.29) is 11.4 Å². The first-order valence-corrected chi connectivity index (χ1v) is 10.8. The molecule has 0 aliphatic heterocycles. The molecule has 0 aliphatic rings. The minimum Gasteiger partial charge on any atom is -0.399 e. The third-order valence-electron chi connectivity index (χ3n) is 4.63. The maximum atomic E-state index is 13.2. The predicted molar refractivity (Wildman–Crippen MR) is 122 cm³/mol. The minimum absolute atomic E-state index is 0.159. The molecule has 0 aliphatic carbocycles. The van der Waals surface area contributed by atoms with Crippen molar-refractivity contribution in [1.29, 1.82) is 0 Å². The second kappa shape index (κ2) is 9.37. The van der Waals surface area contributed by atoms with Crippen molar-refractivity contribution in [3.05, 3.63) is 84.4 Å². The first kappa shape index (κ1) is 22.4. The van der Waals surface area contributed by atoms with Crippen LogP contribution in [0.3, 0.4) is 0 Å². The van der Waals surface area contributed by atoms with E-state index in [0.29, 0.717) is 16.7 Å². The quantitative estimate of drug-likeness (QED) is 0.297. The van der Waals surface area contributed by atoms with Gasteiger partial charge in [-0.3, -0.25) is 9.36 Å². The molecule has 4 rings (SSSR count). The van der Waals surface area contributed by atoms with Gasteiger partial charge in [-0.15, -0.1) is 10.2 Å². The summed E-state index contributed by atoms with van der Waals surface area (Å²) in [6.45, 7) is 0. The normalized spacial score (nSPS) is 11.4. The fraction of sp³-hybridized carbons (Fsp3) is 0.0870. The van der Waals surface area contributed by atoms with Crippen molar-refractivity contribution in [1.82, 2.24) is 14.8 Å². The molecule has 1 heterocycles. The summed E-state index contributed by atoms with van der Waals surface area (Å²) in [5.74, 6) is -0.225. The van der Waals surface area contributed by atoms with E-state index in [2.05, 4.69) is 15.5 Å². The Balaban J connectivity index is 1.59. The second-order valence-corrected chi connectivity index (χ2v) is 7.93. The average molecular weight is 469 g/mol. The molecule has 0 spiro atoms. The molecule has 1 amide bonds. The Labute approximate surface area is 191 Å². The molecular formula is C23H18F3N5OS. The Morgan fingerprint density at radius 3 is 2.42 bits per heavy atom. The molecule has 0 bridgehead atoms. The molecule has 10 heteroatoms. The van der Waals surface area contributed by atoms with E-state index in [1.54, 1.807) is 22.8 Å². The predicted octanol–water partition coefficient (Wildman–Crippen LogP) is 5.27. The Kier molecular flexibility index (Phi) is 6.36. The number of nitrogen functional groups attached to an aromatic ring is 1. The number of alkyl halides is 3. The third-order valence-corrected chi connectivity index (χ3v) is 5.56. The van der Waals surface area contributed by atoms with Crippen molar-refractivity contribution in [2.45, 2.75) is 11.3 Å². The number of carbonyl (C=O) groups is 1. The van der Waals surface area contributed by atoms with Crippen molar-refractivity contribution in [2.75, 3.05) is 16.8 Å². The largest absolute Gasteiger partial charge is 0.418 e. The van der Waals surface area contributed by atoms with Gasteiger partial charge in [0.1, 0.15) is 0 Å². The summed E-state index contributed by atoms with van der Waals surface area (Å²) >= 11 is 1.07. The number of amides is 1. The Morgan fingerprint density at radius 2 is 1.70 bits per heavy atom. The van der Waals surface area contributed by atoms with Gasteiger partial charge >= 0.3 is 6.18 Å². The maximum absolute atomic E-state index is 13.2. The first-order valence-electron chi connectivity index (χ1n) is 9.78. The zero-order chi connectivity index (χ0) is 23.4.